The summed E-state index contributed by atoms with van der Waals surface area (Å²) in [6, 6.07) is 10.5. The van der Waals surface area contributed by atoms with Crippen LogP contribution >= 0.6 is 23.2 Å². The quantitative estimate of drug-likeness (QED) is 0.307. The average molecular weight is 517 g/mol. The summed E-state index contributed by atoms with van der Waals surface area (Å²) >= 11 is 11.9. The van der Waals surface area contributed by atoms with Crippen molar-refractivity contribution in [2.24, 2.45) is 0 Å². The average Bonchev–Trinajstić information content (AvgIpc) is 3.10. The molecule has 2 aliphatic heterocycles. The van der Waals surface area contributed by atoms with Crippen molar-refractivity contribution in [1.82, 2.24) is 4.90 Å². The van der Waals surface area contributed by atoms with Gasteiger partial charge in [-0.1, -0.05) is 29.6 Å². The number of Topliss-reactive ketones (excluding diaryl/α,β-unsaturated/α-hetero) is 1. The van der Waals surface area contributed by atoms with E-state index in [1.807, 2.05) is 0 Å². The molecule has 0 bridgehead atoms. The Balaban J connectivity index is 1.41. The van der Waals surface area contributed by atoms with Gasteiger partial charge in [0.25, 0.3) is 5.91 Å². The fourth-order valence-corrected chi connectivity index (χ4v) is 5.44. The van der Waals surface area contributed by atoms with Gasteiger partial charge in [0.2, 0.25) is 11.7 Å². The number of rotatable bonds is 6. The number of piperidine rings is 1. The van der Waals surface area contributed by atoms with Crippen molar-refractivity contribution in [3.05, 3.63) is 63.6 Å². The predicted molar refractivity (Wildman–Crippen MR) is 133 cm³/mol. The van der Waals surface area contributed by atoms with E-state index in [4.69, 9.17) is 27.9 Å². The summed E-state index contributed by atoms with van der Waals surface area (Å²) in [5, 5.41) is 0.569. The summed E-state index contributed by atoms with van der Waals surface area (Å²) in [7, 11) is 0. The van der Waals surface area contributed by atoms with Crippen LogP contribution in [0, 0.1) is 0 Å². The number of ether oxygens (including phenoxy) is 1. The number of likely N-dealkylation sites (tertiary alicyclic amines) is 1. The third kappa shape index (κ3) is 5.27. The van der Waals surface area contributed by atoms with Crippen LogP contribution < -0.4 is 4.90 Å². The number of hydrogen-bond acceptors (Lipinski definition) is 6. The molecule has 2 fully saturated rings. The van der Waals surface area contributed by atoms with Gasteiger partial charge in [-0.15, -0.1) is 0 Å². The van der Waals surface area contributed by atoms with E-state index >= 15 is 0 Å². The van der Waals surface area contributed by atoms with Crippen LogP contribution in [0.2, 0.25) is 10.0 Å². The minimum absolute atomic E-state index is 0.146. The molecule has 0 aliphatic carbocycles. The number of halogens is 2. The van der Waals surface area contributed by atoms with E-state index in [0.717, 1.165) is 19.3 Å². The van der Waals surface area contributed by atoms with Crippen LogP contribution in [0.5, 0.6) is 0 Å². The van der Waals surface area contributed by atoms with Crippen molar-refractivity contribution < 1.29 is 23.9 Å². The van der Waals surface area contributed by atoms with Crippen molar-refractivity contribution >= 4 is 52.5 Å². The second kappa shape index (κ2) is 10.5. The molecule has 0 N–H and O–H groups in total. The van der Waals surface area contributed by atoms with Gasteiger partial charge in [-0.3, -0.25) is 19.3 Å². The Morgan fingerprint density at radius 3 is 2.29 bits per heavy atom. The highest BCUT2D eigenvalue weighted by Crippen LogP contribution is 2.32. The van der Waals surface area contributed by atoms with E-state index in [1.54, 1.807) is 0 Å². The normalized spacial score (nSPS) is 23.0. The van der Waals surface area contributed by atoms with Gasteiger partial charge < -0.3 is 4.74 Å². The fourth-order valence-electron chi connectivity index (χ4n) is 4.93. The molecule has 7 nitrogen and oxygen atoms in total. The molecule has 0 radical (unpaired) electrons. The van der Waals surface area contributed by atoms with Crippen LogP contribution in [0.1, 0.15) is 60.2 Å². The number of imide groups is 1. The lowest BCUT2D eigenvalue weighted by Gasteiger charge is -2.41. The summed E-state index contributed by atoms with van der Waals surface area (Å²) < 4.78 is 5.12. The molecule has 0 aromatic heterocycles. The highest BCUT2D eigenvalue weighted by Gasteiger charge is 2.46. The van der Waals surface area contributed by atoms with Gasteiger partial charge in [0.1, 0.15) is 0 Å². The van der Waals surface area contributed by atoms with Crippen LogP contribution in [-0.4, -0.2) is 53.2 Å². The number of benzene rings is 2. The smallest absolute Gasteiger partial charge is 0.338 e. The predicted octanol–water partition coefficient (Wildman–Crippen LogP) is 4.93. The first-order valence-corrected chi connectivity index (χ1v) is 12.3. The lowest BCUT2D eigenvalue weighted by atomic mass is 9.94. The molecule has 2 aromatic carbocycles. The second-order valence-electron chi connectivity index (χ2n) is 9.03. The molecule has 2 amide bonds. The monoisotopic (exact) mass is 516 g/mol. The van der Waals surface area contributed by atoms with Crippen LogP contribution in [-0.2, 0) is 14.3 Å². The number of ketones is 1. The topological polar surface area (TPSA) is 84.0 Å². The molecule has 0 spiro atoms. The zero-order chi connectivity index (χ0) is 25.3. The van der Waals surface area contributed by atoms with E-state index < -0.39 is 24.4 Å². The van der Waals surface area contributed by atoms with Crippen LogP contribution in [0.15, 0.2) is 42.5 Å². The Morgan fingerprint density at radius 2 is 1.66 bits per heavy atom. The summed E-state index contributed by atoms with van der Waals surface area (Å²) in [5.74, 6) is -1.66. The van der Waals surface area contributed by atoms with Crippen molar-refractivity contribution in [3.8, 4) is 0 Å². The van der Waals surface area contributed by atoms with Crippen molar-refractivity contribution in [3.63, 3.8) is 0 Å². The van der Waals surface area contributed by atoms with E-state index in [-0.39, 0.29) is 46.5 Å². The first kappa shape index (κ1) is 25.4. The van der Waals surface area contributed by atoms with Crippen molar-refractivity contribution in [2.75, 3.05) is 11.5 Å². The Morgan fingerprint density at radius 1 is 1.00 bits per heavy atom. The summed E-state index contributed by atoms with van der Waals surface area (Å²) in [6.45, 7) is 3.71. The van der Waals surface area contributed by atoms with E-state index in [2.05, 4.69) is 18.7 Å². The molecule has 4 rings (SSSR count). The molecular formula is C26H26Cl2N2O5. The molecule has 9 heteroatoms. The van der Waals surface area contributed by atoms with Gasteiger partial charge in [-0.2, -0.15) is 0 Å². The van der Waals surface area contributed by atoms with E-state index in [9.17, 15) is 19.2 Å². The zero-order valence-corrected chi connectivity index (χ0v) is 21.0. The molecule has 2 heterocycles. The standard InChI is InChI=1S/C26H26Cl2N2O5/c1-15-4-3-5-16(2)29(15)22-13-24(32)30(25(22)33)19-9-6-17(7-10-19)26(34)35-14-23(31)20-11-8-18(27)12-21(20)28/h6-12,15-16,22H,3-5,13-14H2,1-2H3/t15-,16+,22?. The van der Waals surface area contributed by atoms with Gasteiger partial charge >= 0.3 is 5.97 Å². The molecule has 1 unspecified atom stereocenters. The van der Waals surface area contributed by atoms with Crippen LogP contribution in [0.3, 0.4) is 0 Å². The fraction of sp³-hybridized carbons (Fsp3) is 0.385. The number of nitrogens with zero attached hydrogens (tertiary/aromatic N) is 2. The first-order chi connectivity index (χ1) is 16.7. The van der Waals surface area contributed by atoms with E-state index in [1.165, 1.54) is 47.4 Å². The molecular weight excluding hydrogens is 491 g/mol. The molecule has 2 saturated heterocycles. The van der Waals surface area contributed by atoms with Gasteiger partial charge in [0.15, 0.2) is 6.61 Å². The highest BCUT2D eigenvalue weighted by atomic mass is 35.5. The zero-order valence-electron chi connectivity index (χ0n) is 19.5. The SMILES string of the molecule is C[C@@H]1CCC[C@H](C)N1C1CC(=O)N(c2ccc(C(=O)OCC(=O)c3ccc(Cl)cc3Cl)cc2)C1=O. The Bertz CT molecular complexity index is 1160. The highest BCUT2D eigenvalue weighted by molar-refractivity contribution is 6.36. The third-order valence-electron chi connectivity index (χ3n) is 6.67. The Labute approximate surface area is 213 Å². The van der Waals surface area contributed by atoms with Gasteiger partial charge in [-0.05, 0) is 69.2 Å². The third-order valence-corrected chi connectivity index (χ3v) is 7.22. The minimum Gasteiger partial charge on any atom is -0.454 e. The maximum atomic E-state index is 13.2. The van der Waals surface area contributed by atoms with Gasteiger partial charge in [0.05, 0.1) is 28.7 Å². The Kier molecular flexibility index (Phi) is 7.59. The molecule has 184 valence electrons. The lowest BCUT2D eigenvalue weighted by molar-refractivity contribution is -0.124. The summed E-state index contributed by atoms with van der Waals surface area (Å²) in [5.41, 5.74) is 0.801. The largest absolute Gasteiger partial charge is 0.454 e. The number of hydrogen-bond donors (Lipinski definition) is 0. The number of carbonyl (C=O) groups is 4. The van der Waals surface area contributed by atoms with Gasteiger partial charge in [0, 0.05) is 22.7 Å². The minimum atomic E-state index is -0.706. The second-order valence-corrected chi connectivity index (χ2v) is 9.88. The molecule has 3 atom stereocenters. The van der Waals surface area contributed by atoms with Gasteiger partial charge in [-0.25, -0.2) is 9.69 Å². The number of esters is 1. The summed E-state index contributed by atoms with van der Waals surface area (Å²) in [4.78, 5) is 54.1. The maximum Gasteiger partial charge on any atom is 0.338 e. The number of amides is 2. The molecule has 2 aromatic rings. The first-order valence-electron chi connectivity index (χ1n) is 11.6. The van der Waals surface area contributed by atoms with E-state index in [0.29, 0.717) is 10.7 Å². The summed E-state index contributed by atoms with van der Waals surface area (Å²) in [6.07, 6.45) is 3.28. The van der Waals surface area contributed by atoms with Crippen molar-refractivity contribution in [2.45, 2.75) is 57.7 Å². The maximum absolute atomic E-state index is 13.2. The molecule has 2 aliphatic rings. The number of anilines is 1. The van der Waals surface area contributed by atoms with Crippen LogP contribution in [0.4, 0.5) is 5.69 Å². The lowest BCUT2D eigenvalue weighted by Crippen LogP contribution is -2.52. The number of carbonyl (C=O) groups excluding carboxylic acids is 4. The van der Waals surface area contributed by atoms with Crippen molar-refractivity contribution in [1.29, 1.82) is 0 Å². The Hall–Kier alpha value is -2.74. The molecule has 0 saturated carbocycles. The van der Waals surface area contributed by atoms with Crippen LogP contribution in [0.25, 0.3) is 0 Å². The molecule has 35 heavy (non-hydrogen) atoms.